The van der Waals surface area contributed by atoms with Gasteiger partial charge in [0.1, 0.15) is 9.77 Å². The minimum atomic E-state index is -3.70. The molecule has 0 unspecified atom stereocenters. The van der Waals surface area contributed by atoms with Gasteiger partial charge in [-0.1, -0.05) is 19.1 Å². The highest BCUT2D eigenvalue weighted by molar-refractivity contribution is 7.89. The van der Waals surface area contributed by atoms with Crippen molar-refractivity contribution in [2.24, 2.45) is 0 Å². The Morgan fingerprint density at radius 1 is 1.28 bits per heavy atom. The number of carbonyl (C=O) groups is 1. The van der Waals surface area contributed by atoms with E-state index in [2.05, 4.69) is 5.32 Å². The molecule has 1 aliphatic rings. The van der Waals surface area contributed by atoms with E-state index in [4.69, 9.17) is 4.74 Å². The highest BCUT2D eigenvalue weighted by atomic mass is 32.2. The molecule has 1 fully saturated rings. The van der Waals surface area contributed by atoms with Crippen molar-refractivity contribution in [2.45, 2.75) is 18.2 Å². The molecule has 0 bridgehead atoms. The maximum atomic E-state index is 12.8. The number of benzene rings is 1. The van der Waals surface area contributed by atoms with Crippen LogP contribution >= 0.6 is 11.3 Å². The van der Waals surface area contributed by atoms with Crippen LogP contribution in [0.15, 0.2) is 40.6 Å². The molecule has 0 spiro atoms. The first kappa shape index (κ1) is 18.1. The molecule has 3 rings (SSSR count). The topological polar surface area (TPSA) is 75.7 Å². The summed E-state index contributed by atoms with van der Waals surface area (Å²) in [7, 11) is -3.70. The maximum absolute atomic E-state index is 12.8. The van der Waals surface area contributed by atoms with E-state index in [1.165, 1.54) is 10.4 Å². The van der Waals surface area contributed by atoms with Crippen molar-refractivity contribution in [3.63, 3.8) is 0 Å². The van der Waals surface area contributed by atoms with Crippen LogP contribution in [0.25, 0.3) is 0 Å². The average molecular weight is 380 g/mol. The molecular weight excluding hydrogens is 360 g/mol. The van der Waals surface area contributed by atoms with Crippen molar-refractivity contribution in [1.82, 2.24) is 4.31 Å². The lowest BCUT2D eigenvalue weighted by atomic mass is 10.1. The van der Waals surface area contributed by atoms with Gasteiger partial charge in [-0.25, -0.2) is 8.42 Å². The number of aryl methyl sites for hydroxylation is 1. The summed E-state index contributed by atoms with van der Waals surface area (Å²) in [5.74, 6) is -0.407. The third-order valence-electron chi connectivity index (χ3n) is 4.02. The van der Waals surface area contributed by atoms with Crippen molar-refractivity contribution in [1.29, 1.82) is 0 Å². The van der Waals surface area contributed by atoms with E-state index in [-0.39, 0.29) is 9.77 Å². The minimum Gasteiger partial charge on any atom is -0.379 e. The molecule has 1 aromatic carbocycles. The second-order valence-electron chi connectivity index (χ2n) is 5.64. The zero-order valence-corrected chi connectivity index (χ0v) is 15.5. The van der Waals surface area contributed by atoms with Crippen molar-refractivity contribution >= 4 is 33.0 Å². The standard InChI is InChI=1S/C17H20N2O4S2/c1-2-13-4-3-5-14(12-13)18-17(20)16-15(6-11-24-16)25(21,22)19-7-9-23-10-8-19/h3-6,11-12H,2,7-10H2,1H3,(H,18,20). The third-order valence-corrected chi connectivity index (χ3v) is 7.00. The van der Waals surface area contributed by atoms with Gasteiger partial charge in [-0.3, -0.25) is 4.79 Å². The van der Waals surface area contributed by atoms with Crippen LogP contribution in [0.4, 0.5) is 5.69 Å². The zero-order valence-electron chi connectivity index (χ0n) is 13.9. The number of amides is 1. The predicted octanol–water partition coefficient (Wildman–Crippen LogP) is 2.58. The smallest absolute Gasteiger partial charge is 0.267 e. The molecule has 1 aliphatic heterocycles. The van der Waals surface area contributed by atoms with Crippen LogP contribution in [0.3, 0.4) is 0 Å². The second kappa shape index (κ2) is 7.65. The molecule has 6 nitrogen and oxygen atoms in total. The number of nitrogens with one attached hydrogen (secondary N) is 1. The summed E-state index contributed by atoms with van der Waals surface area (Å²) < 4.78 is 32.2. The first-order valence-corrected chi connectivity index (χ1v) is 10.4. The van der Waals surface area contributed by atoms with Crippen LogP contribution in [0, 0.1) is 0 Å². The number of thiophene rings is 1. The summed E-state index contributed by atoms with van der Waals surface area (Å²) in [5, 5.41) is 4.43. The van der Waals surface area contributed by atoms with Crippen molar-refractivity contribution in [3.05, 3.63) is 46.2 Å². The SMILES string of the molecule is CCc1cccc(NC(=O)c2sccc2S(=O)(=O)N2CCOCC2)c1. The van der Waals surface area contributed by atoms with Gasteiger partial charge in [-0.2, -0.15) is 4.31 Å². The van der Waals surface area contributed by atoms with Gasteiger partial charge in [0.25, 0.3) is 5.91 Å². The Morgan fingerprint density at radius 2 is 2.04 bits per heavy atom. The number of rotatable bonds is 5. The van der Waals surface area contributed by atoms with E-state index in [1.54, 1.807) is 11.4 Å². The van der Waals surface area contributed by atoms with Crippen LogP contribution < -0.4 is 5.32 Å². The van der Waals surface area contributed by atoms with Crippen LogP contribution in [-0.4, -0.2) is 44.9 Å². The van der Waals surface area contributed by atoms with E-state index in [9.17, 15) is 13.2 Å². The number of nitrogens with zero attached hydrogens (tertiary/aromatic N) is 1. The number of morpholine rings is 1. The normalized spacial score (nSPS) is 15.9. The Bertz CT molecular complexity index is 855. The van der Waals surface area contributed by atoms with Crippen LogP contribution in [0.5, 0.6) is 0 Å². The summed E-state index contributed by atoms with van der Waals surface area (Å²) in [4.78, 5) is 12.9. The Balaban J connectivity index is 1.84. The number of ether oxygens (including phenoxy) is 1. The number of hydrogen-bond donors (Lipinski definition) is 1. The largest absolute Gasteiger partial charge is 0.379 e. The molecule has 2 heterocycles. The molecule has 0 radical (unpaired) electrons. The molecule has 2 aromatic rings. The van der Waals surface area contributed by atoms with E-state index in [1.807, 2.05) is 25.1 Å². The van der Waals surface area contributed by atoms with Crippen molar-refractivity contribution < 1.29 is 17.9 Å². The lowest BCUT2D eigenvalue weighted by Crippen LogP contribution is -2.41. The fourth-order valence-electron chi connectivity index (χ4n) is 2.65. The van der Waals surface area contributed by atoms with Gasteiger partial charge in [0.2, 0.25) is 10.0 Å². The van der Waals surface area contributed by atoms with E-state index in [0.717, 1.165) is 23.3 Å². The van der Waals surface area contributed by atoms with Crippen LogP contribution in [0.2, 0.25) is 0 Å². The summed E-state index contributed by atoms with van der Waals surface area (Å²) >= 11 is 1.13. The molecule has 1 aromatic heterocycles. The maximum Gasteiger partial charge on any atom is 0.267 e. The molecule has 8 heteroatoms. The molecule has 0 saturated carbocycles. The minimum absolute atomic E-state index is 0.0588. The van der Waals surface area contributed by atoms with E-state index in [0.29, 0.717) is 32.0 Å². The van der Waals surface area contributed by atoms with Gasteiger partial charge in [0.15, 0.2) is 0 Å². The first-order chi connectivity index (χ1) is 12.0. The summed E-state index contributed by atoms with van der Waals surface area (Å²) in [6, 6.07) is 9.03. The molecule has 1 amide bonds. The van der Waals surface area contributed by atoms with E-state index < -0.39 is 15.9 Å². The zero-order chi connectivity index (χ0) is 17.9. The van der Waals surface area contributed by atoms with Gasteiger partial charge in [0.05, 0.1) is 13.2 Å². The van der Waals surface area contributed by atoms with Crippen LogP contribution in [0.1, 0.15) is 22.2 Å². The van der Waals surface area contributed by atoms with E-state index >= 15 is 0 Å². The number of anilines is 1. The molecule has 25 heavy (non-hydrogen) atoms. The quantitative estimate of drug-likeness (QED) is 0.865. The number of carbonyl (C=O) groups excluding carboxylic acids is 1. The third kappa shape index (κ3) is 3.92. The molecule has 134 valence electrons. The summed E-state index contributed by atoms with van der Waals surface area (Å²) in [6.07, 6.45) is 0.860. The average Bonchev–Trinajstić information content (AvgIpc) is 3.13. The van der Waals surface area contributed by atoms with Gasteiger partial charge in [0, 0.05) is 18.8 Å². The van der Waals surface area contributed by atoms with Crippen molar-refractivity contribution in [3.8, 4) is 0 Å². The molecule has 0 atom stereocenters. The monoisotopic (exact) mass is 380 g/mol. The van der Waals surface area contributed by atoms with Gasteiger partial charge in [-0.05, 0) is 35.6 Å². The fraction of sp³-hybridized carbons (Fsp3) is 0.353. The first-order valence-electron chi connectivity index (χ1n) is 8.08. The second-order valence-corrected chi connectivity index (χ2v) is 8.46. The number of sulfonamides is 1. The van der Waals surface area contributed by atoms with Crippen LogP contribution in [-0.2, 0) is 21.2 Å². The Hall–Kier alpha value is -1.74. The predicted molar refractivity (Wildman–Crippen MR) is 97.7 cm³/mol. The lowest BCUT2D eigenvalue weighted by Gasteiger charge is -2.26. The lowest BCUT2D eigenvalue weighted by molar-refractivity contribution is 0.0730. The molecular formula is C17H20N2O4S2. The molecule has 1 N–H and O–H groups in total. The van der Waals surface area contributed by atoms with Crippen molar-refractivity contribution in [2.75, 3.05) is 31.6 Å². The summed E-state index contributed by atoms with van der Waals surface area (Å²) in [5.41, 5.74) is 1.76. The summed E-state index contributed by atoms with van der Waals surface area (Å²) in [6.45, 7) is 3.38. The highest BCUT2D eigenvalue weighted by Crippen LogP contribution is 2.27. The Labute approximate surface area is 151 Å². The van der Waals surface area contributed by atoms with Gasteiger partial charge >= 0.3 is 0 Å². The Kier molecular flexibility index (Phi) is 5.53. The number of hydrogen-bond acceptors (Lipinski definition) is 5. The Morgan fingerprint density at radius 3 is 2.76 bits per heavy atom. The molecule has 0 aliphatic carbocycles. The highest BCUT2D eigenvalue weighted by Gasteiger charge is 2.31. The van der Waals surface area contributed by atoms with Gasteiger partial charge in [-0.15, -0.1) is 11.3 Å². The fourth-order valence-corrected chi connectivity index (χ4v) is 5.35. The molecule has 1 saturated heterocycles. The van der Waals surface area contributed by atoms with Gasteiger partial charge < -0.3 is 10.1 Å².